The minimum atomic E-state index is 0.215. The molecular weight excluding hydrogens is 314 g/mol. The van der Waals surface area contributed by atoms with Crippen LogP contribution in [0.3, 0.4) is 0 Å². The Morgan fingerprint density at radius 1 is 1.32 bits per heavy atom. The maximum Gasteiger partial charge on any atom is 0.222 e. The second kappa shape index (κ2) is 7.99. The molecule has 0 saturated carbocycles. The topological polar surface area (TPSA) is 56.6 Å². The molecule has 0 radical (unpaired) electrons. The fraction of sp³-hybridized carbons (Fsp3) is 0.600. The van der Waals surface area contributed by atoms with E-state index in [1.54, 1.807) is 7.11 Å². The smallest absolute Gasteiger partial charge is 0.222 e. The molecule has 0 aliphatic carbocycles. The molecule has 2 heterocycles. The molecule has 5 nitrogen and oxygen atoms in total. The van der Waals surface area contributed by atoms with Gasteiger partial charge in [-0.15, -0.1) is 0 Å². The first kappa shape index (κ1) is 17.9. The first-order valence-corrected chi connectivity index (χ1v) is 9.12. The highest BCUT2D eigenvalue weighted by atomic mass is 16.5. The fourth-order valence-electron chi connectivity index (χ4n) is 4.28. The zero-order valence-electron chi connectivity index (χ0n) is 15.0. The van der Waals surface area contributed by atoms with Crippen molar-refractivity contribution in [1.82, 2.24) is 9.80 Å². The minimum Gasteiger partial charge on any atom is -0.383 e. The zero-order valence-corrected chi connectivity index (χ0v) is 15.0. The molecule has 1 aromatic rings. The van der Waals surface area contributed by atoms with Crippen molar-refractivity contribution in [3.63, 3.8) is 0 Å². The van der Waals surface area contributed by atoms with E-state index in [1.165, 1.54) is 18.4 Å². The van der Waals surface area contributed by atoms with Crippen LogP contribution in [-0.2, 0) is 16.1 Å². The third-order valence-corrected chi connectivity index (χ3v) is 5.52. The van der Waals surface area contributed by atoms with Gasteiger partial charge in [0.25, 0.3) is 0 Å². The standard InChI is InChI=1S/C20H27N3O2/c1-25-11-10-23-16-20(8-6-19(23)24)7-3-9-22(15-20)14-18-5-2-4-17(12-18)13-21/h2,4-5,12H,3,6-11,14-16H2,1H3/t20-/m0/s1. The summed E-state index contributed by atoms with van der Waals surface area (Å²) in [6.45, 7) is 5.14. The number of carbonyl (C=O) groups is 1. The SMILES string of the molecule is COCCN1C[C@@]2(CCCN(Cc3cccc(C#N)c3)C2)CCC1=O. The molecule has 2 aliphatic heterocycles. The number of nitriles is 1. The van der Waals surface area contributed by atoms with Crippen molar-refractivity contribution in [2.45, 2.75) is 32.2 Å². The van der Waals surface area contributed by atoms with Crippen LogP contribution in [0.25, 0.3) is 0 Å². The van der Waals surface area contributed by atoms with Crippen LogP contribution >= 0.6 is 0 Å². The maximum absolute atomic E-state index is 12.2. The number of carbonyl (C=O) groups excluding carboxylic acids is 1. The summed E-state index contributed by atoms with van der Waals surface area (Å²) < 4.78 is 5.16. The number of piperidine rings is 2. The molecule has 0 unspecified atom stereocenters. The van der Waals surface area contributed by atoms with E-state index in [-0.39, 0.29) is 11.3 Å². The van der Waals surface area contributed by atoms with Crippen LogP contribution in [0.2, 0.25) is 0 Å². The van der Waals surface area contributed by atoms with Gasteiger partial charge >= 0.3 is 0 Å². The van der Waals surface area contributed by atoms with Gasteiger partial charge in [0.1, 0.15) is 0 Å². The zero-order chi connectivity index (χ0) is 17.7. The number of methoxy groups -OCH3 is 1. The van der Waals surface area contributed by atoms with E-state index in [0.717, 1.165) is 38.2 Å². The van der Waals surface area contributed by atoms with Crippen molar-refractivity contribution in [3.05, 3.63) is 35.4 Å². The molecule has 0 N–H and O–H groups in total. The lowest BCUT2D eigenvalue weighted by atomic mass is 9.73. The van der Waals surface area contributed by atoms with Crippen molar-refractivity contribution in [2.24, 2.45) is 5.41 Å². The van der Waals surface area contributed by atoms with Gasteiger partial charge in [-0.2, -0.15) is 5.26 Å². The van der Waals surface area contributed by atoms with Crippen LogP contribution < -0.4 is 0 Å². The molecule has 0 aromatic heterocycles. The Morgan fingerprint density at radius 2 is 2.20 bits per heavy atom. The van der Waals surface area contributed by atoms with Crippen LogP contribution in [0, 0.1) is 16.7 Å². The van der Waals surface area contributed by atoms with E-state index in [2.05, 4.69) is 17.0 Å². The molecule has 3 rings (SSSR count). The van der Waals surface area contributed by atoms with Gasteiger partial charge < -0.3 is 9.64 Å². The van der Waals surface area contributed by atoms with Crippen molar-refractivity contribution >= 4 is 5.91 Å². The van der Waals surface area contributed by atoms with E-state index in [9.17, 15) is 4.79 Å². The van der Waals surface area contributed by atoms with Crippen LogP contribution in [-0.4, -0.2) is 55.6 Å². The summed E-state index contributed by atoms with van der Waals surface area (Å²) in [4.78, 5) is 16.7. The van der Waals surface area contributed by atoms with E-state index < -0.39 is 0 Å². The van der Waals surface area contributed by atoms with E-state index >= 15 is 0 Å². The van der Waals surface area contributed by atoms with Crippen molar-refractivity contribution < 1.29 is 9.53 Å². The Hall–Kier alpha value is -1.90. The van der Waals surface area contributed by atoms with Crippen LogP contribution in [0.5, 0.6) is 0 Å². The van der Waals surface area contributed by atoms with Crippen LogP contribution in [0.1, 0.15) is 36.8 Å². The van der Waals surface area contributed by atoms with Gasteiger partial charge in [-0.1, -0.05) is 12.1 Å². The van der Waals surface area contributed by atoms with Gasteiger partial charge in [0.2, 0.25) is 5.91 Å². The van der Waals surface area contributed by atoms with E-state index in [0.29, 0.717) is 19.6 Å². The lowest BCUT2D eigenvalue weighted by Gasteiger charge is -2.48. The number of nitrogens with zero attached hydrogens (tertiary/aromatic N) is 3. The van der Waals surface area contributed by atoms with Crippen molar-refractivity contribution in [3.8, 4) is 6.07 Å². The average molecular weight is 341 g/mol. The number of hydrogen-bond donors (Lipinski definition) is 0. The molecule has 25 heavy (non-hydrogen) atoms. The van der Waals surface area contributed by atoms with Gasteiger partial charge in [0, 0.05) is 45.1 Å². The predicted molar refractivity (Wildman–Crippen MR) is 95.8 cm³/mol. The van der Waals surface area contributed by atoms with Gasteiger partial charge in [-0.25, -0.2) is 0 Å². The lowest BCUT2D eigenvalue weighted by Crippen LogP contribution is -2.54. The summed E-state index contributed by atoms with van der Waals surface area (Å²) in [7, 11) is 1.68. The summed E-state index contributed by atoms with van der Waals surface area (Å²) in [6, 6.07) is 10.1. The Labute approximate surface area is 150 Å². The van der Waals surface area contributed by atoms with Gasteiger partial charge in [-0.3, -0.25) is 9.69 Å². The van der Waals surface area contributed by atoms with E-state index in [4.69, 9.17) is 10.00 Å². The molecular formula is C20H27N3O2. The lowest BCUT2D eigenvalue weighted by molar-refractivity contribution is -0.140. The number of amides is 1. The normalized spacial score (nSPS) is 24.5. The molecule has 1 aromatic carbocycles. The molecule has 1 spiro atoms. The van der Waals surface area contributed by atoms with Crippen molar-refractivity contribution in [1.29, 1.82) is 5.26 Å². The molecule has 1 amide bonds. The van der Waals surface area contributed by atoms with Gasteiger partial charge in [-0.05, 0) is 43.5 Å². The van der Waals surface area contributed by atoms with E-state index in [1.807, 2.05) is 23.1 Å². The largest absolute Gasteiger partial charge is 0.383 e. The monoisotopic (exact) mass is 341 g/mol. The summed E-state index contributed by atoms with van der Waals surface area (Å²) >= 11 is 0. The highest BCUT2D eigenvalue weighted by molar-refractivity contribution is 5.77. The predicted octanol–water partition coefficient (Wildman–Crippen LogP) is 2.41. The molecule has 5 heteroatoms. The second-order valence-corrected chi connectivity index (χ2v) is 7.43. The Kier molecular flexibility index (Phi) is 5.72. The molecule has 1 atom stereocenters. The number of hydrogen-bond acceptors (Lipinski definition) is 4. The third kappa shape index (κ3) is 4.39. The van der Waals surface area contributed by atoms with Gasteiger partial charge in [0.15, 0.2) is 0 Å². The summed E-state index contributed by atoms with van der Waals surface area (Å²) in [6.07, 6.45) is 4.01. The van der Waals surface area contributed by atoms with Crippen LogP contribution in [0.15, 0.2) is 24.3 Å². The Balaban J connectivity index is 1.65. The number of benzene rings is 1. The average Bonchev–Trinajstić information content (AvgIpc) is 2.63. The van der Waals surface area contributed by atoms with Crippen LogP contribution in [0.4, 0.5) is 0 Å². The summed E-state index contributed by atoms with van der Waals surface area (Å²) in [5.74, 6) is 0.265. The molecule has 2 aliphatic rings. The summed E-state index contributed by atoms with van der Waals surface area (Å²) in [5.41, 5.74) is 2.13. The first-order chi connectivity index (χ1) is 12.1. The minimum absolute atomic E-state index is 0.215. The second-order valence-electron chi connectivity index (χ2n) is 7.43. The first-order valence-electron chi connectivity index (χ1n) is 9.12. The molecule has 134 valence electrons. The number of rotatable bonds is 5. The molecule has 2 saturated heterocycles. The highest BCUT2D eigenvalue weighted by Crippen LogP contribution is 2.39. The van der Waals surface area contributed by atoms with Gasteiger partial charge in [0.05, 0.1) is 18.2 Å². The molecule has 2 fully saturated rings. The summed E-state index contributed by atoms with van der Waals surface area (Å²) in [5, 5.41) is 9.08. The number of likely N-dealkylation sites (tertiary alicyclic amines) is 2. The Morgan fingerprint density at radius 3 is 3.00 bits per heavy atom. The Bertz CT molecular complexity index is 655. The van der Waals surface area contributed by atoms with Crippen molar-refractivity contribution in [2.75, 3.05) is 39.9 Å². The maximum atomic E-state index is 12.2. The molecule has 0 bridgehead atoms. The highest BCUT2D eigenvalue weighted by Gasteiger charge is 2.41. The number of ether oxygens (including phenoxy) is 1. The third-order valence-electron chi connectivity index (χ3n) is 5.52. The fourth-order valence-corrected chi connectivity index (χ4v) is 4.28. The quantitative estimate of drug-likeness (QED) is 0.825.